The Kier molecular flexibility index (Phi) is 4.03. The lowest BCUT2D eigenvalue weighted by Crippen LogP contribution is -2.24. The van der Waals surface area contributed by atoms with Crippen molar-refractivity contribution in [2.24, 2.45) is 0 Å². The minimum absolute atomic E-state index is 0.0845. The summed E-state index contributed by atoms with van der Waals surface area (Å²) >= 11 is 0. The van der Waals surface area contributed by atoms with Crippen LogP contribution in [0, 0.1) is 0 Å². The normalized spacial score (nSPS) is 10.1. The second kappa shape index (κ2) is 5.91. The molecule has 4 nitrogen and oxygen atoms in total. The van der Waals surface area contributed by atoms with Gasteiger partial charge in [-0.1, -0.05) is 24.3 Å². The second-order valence-electron chi connectivity index (χ2n) is 4.29. The molecule has 0 saturated carbocycles. The van der Waals surface area contributed by atoms with Crippen LogP contribution in [0.25, 0.3) is 0 Å². The highest BCUT2D eigenvalue weighted by atomic mass is 16.3. The molecule has 0 aliphatic rings. The van der Waals surface area contributed by atoms with Crippen LogP contribution in [0.1, 0.15) is 11.1 Å². The van der Waals surface area contributed by atoms with Crippen molar-refractivity contribution < 1.29 is 15.0 Å². The van der Waals surface area contributed by atoms with Crippen molar-refractivity contribution in [2.75, 3.05) is 0 Å². The maximum atomic E-state index is 11.7. The van der Waals surface area contributed by atoms with Crippen molar-refractivity contribution in [3.05, 3.63) is 59.7 Å². The summed E-state index contributed by atoms with van der Waals surface area (Å²) in [6.45, 7) is 0.428. The van der Waals surface area contributed by atoms with Crippen molar-refractivity contribution in [1.29, 1.82) is 0 Å². The Morgan fingerprint density at radius 3 is 1.84 bits per heavy atom. The van der Waals surface area contributed by atoms with Gasteiger partial charge in [-0.05, 0) is 35.4 Å². The van der Waals surface area contributed by atoms with E-state index in [1.165, 1.54) is 0 Å². The molecule has 0 heterocycles. The van der Waals surface area contributed by atoms with Crippen LogP contribution in [0.4, 0.5) is 0 Å². The van der Waals surface area contributed by atoms with E-state index in [9.17, 15) is 4.79 Å². The number of hydrogen-bond donors (Lipinski definition) is 3. The number of aromatic hydroxyl groups is 2. The fourth-order valence-corrected chi connectivity index (χ4v) is 1.68. The van der Waals surface area contributed by atoms with E-state index in [4.69, 9.17) is 10.2 Å². The van der Waals surface area contributed by atoms with Gasteiger partial charge in [-0.3, -0.25) is 4.79 Å². The van der Waals surface area contributed by atoms with E-state index < -0.39 is 0 Å². The first-order chi connectivity index (χ1) is 9.13. The number of benzene rings is 2. The molecule has 2 aromatic rings. The Morgan fingerprint density at radius 1 is 0.842 bits per heavy atom. The number of phenolic OH excluding ortho intramolecular Hbond substituents is 2. The Labute approximate surface area is 111 Å². The monoisotopic (exact) mass is 257 g/mol. The van der Waals surface area contributed by atoms with Crippen molar-refractivity contribution in [2.45, 2.75) is 13.0 Å². The first-order valence-corrected chi connectivity index (χ1v) is 5.96. The zero-order valence-corrected chi connectivity index (χ0v) is 10.3. The average molecular weight is 257 g/mol. The van der Waals surface area contributed by atoms with Crippen LogP contribution in [0.5, 0.6) is 11.5 Å². The van der Waals surface area contributed by atoms with E-state index in [1.54, 1.807) is 48.5 Å². The second-order valence-corrected chi connectivity index (χ2v) is 4.29. The van der Waals surface area contributed by atoms with Gasteiger partial charge in [0, 0.05) is 6.54 Å². The first kappa shape index (κ1) is 13.0. The predicted octanol–water partition coefficient (Wildman–Crippen LogP) is 1.96. The Balaban J connectivity index is 1.84. The summed E-state index contributed by atoms with van der Waals surface area (Å²) in [4.78, 5) is 11.7. The first-order valence-electron chi connectivity index (χ1n) is 5.96. The van der Waals surface area contributed by atoms with Gasteiger partial charge in [0.15, 0.2) is 0 Å². The van der Waals surface area contributed by atoms with E-state index >= 15 is 0 Å². The van der Waals surface area contributed by atoms with E-state index in [0.29, 0.717) is 6.54 Å². The van der Waals surface area contributed by atoms with Gasteiger partial charge in [0.25, 0.3) is 0 Å². The summed E-state index contributed by atoms with van der Waals surface area (Å²) in [6.07, 6.45) is 0.276. The summed E-state index contributed by atoms with van der Waals surface area (Å²) in [6, 6.07) is 13.2. The third kappa shape index (κ3) is 4.03. The minimum atomic E-state index is -0.0845. The summed E-state index contributed by atoms with van der Waals surface area (Å²) in [5.41, 5.74) is 1.78. The van der Waals surface area contributed by atoms with E-state index in [2.05, 4.69) is 5.32 Å². The molecular weight excluding hydrogens is 242 g/mol. The molecule has 0 unspecified atom stereocenters. The minimum Gasteiger partial charge on any atom is -0.508 e. The van der Waals surface area contributed by atoms with Gasteiger partial charge >= 0.3 is 0 Å². The molecule has 98 valence electrons. The number of amides is 1. The predicted molar refractivity (Wildman–Crippen MR) is 71.8 cm³/mol. The molecule has 2 aromatic carbocycles. The molecule has 4 heteroatoms. The summed E-state index contributed by atoms with van der Waals surface area (Å²) in [5, 5.41) is 21.1. The number of phenols is 2. The number of nitrogens with one attached hydrogen (secondary N) is 1. The molecule has 1 amide bonds. The van der Waals surface area contributed by atoms with Crippen LogP contribution in [-0.2, 0) is 17.8 Å². The van der Waals surface area contributed by atoms with Crippen molar-refractivity contribution >= 4 is 5.91 Å². The quantitative estimate of drug-likeness (QED) is 0.784. The highest BCUT2D eigenvalue weighted by molar-refractivity contribution is 5.78. The third-order valence-electron chi connectivity index (χ3n) is 2.73. The van der Waals surface area contributed by atoms with Crippen molar-refractivity contribution in [3.63, 3.8) is 0 Å². The highest BCUT2D eigenvalue weighted by Crippen LogP contribution is 2.11. The van der Waals surface area contributed by atoms with Gasteiger partial charge in [0.2, 0.25) is 5.91 Å². The zero-order chi connectivity index (χ0) is 13.7. The smallest absolute Gasteiger partial charge is 0.224 e. The average Bonchev–Trinajstić information content (AvgIpc) is 2.41. The van der Waals surface area contributed by atoms with Gasteiger partial charge in [-0.25, -0.2) is 0 Å². The topological polar surface area (TPSA) is 69.6 Å². The molecule has 0 radical (unpaired) electrons. The third-order valence-corrected chi connectivity index (χ3v) is 2.73. The van der Waals surface area contributed by atoms with Crippen LogP contribution >= 0.6 is 0 Å². The molecule has 0 fully saturated rings. The molecule has 0 aliphatic heterocycles. The lowest BCUT2D eigenvalue weighted by Gasteiger charge is -2.06. The molecule has 0 saturated heterocycles. The van der Waals surface area contributed by atoms with Gasteiger partial charge < -0.3 is 15.5 Å². The molecule has 0 spiro atoms. The molecule has 0 aliphatic carbocycles. The standard InChI is InChI=1S/C15H15NO3/c17-13-5-1-11(2-6-13)9-15(19)16-10-12-3-7-14(18)8-4-12/h1-8,17-18H,9-10H2,(H,16,19). The summed E-state index contributed by atoms with van der Waals surface area (Å²) < 4.78 is 0. The van der Waals surface area contributed by atoms with Crippen LogP contribution in [0.2, 0.25) is 0 Å². The number of carbonyl (C=O) groups excluding carboxylic acids is 1. The number of hydrogen-bond acceptors (Lipinski definition) is 3. The van der Waals surface area contributed by atoms with Crippen LogP contribution < -0.4 is 5.32 Å². The lowest BCUT2D eigenvalue weighted by molar-refractivity contribution is -0.120. The lowest BCUT2D eigenvalue weighted by atomic mass is 10.1. The van der Waals surface area contributed by atoms with Crippen LogP contribution in [0.15, 0.2) is 48.5 Å². The van der Waals surface area contributed by atoms with Gasteiger partial charge in [0.05, 0.1) is 6.42 Å². The van der Waals surface area contributed by atoms with Crippen molar-refractivity contribution in [1.82, 2.24) is 5.32 Å². The Bertz CT molecular complexity index is 547. The fraction of sp³-hybridized carbons (Fsp3) is 0.133. The SMILES string of the molecule is O=C(Cc1ccc(O)cc1)NCc1ccc(O)cc1. The summed E-state index contributed by atoms with van der Waals surface area (Å²) in [5.74, 6) is 0.311. The largest absolute Gasteiger partial charge is 0.508 e. The Morgan fingerprint density at radius 2 is 1.32 bits per heavy atom. The molecule has 19 heavy (non-hydrogen) atoms. The van der Waals surface area contributed by atoms with Gasteiger partial charge in [-0.15, -0.1) is 0 Å². The fourth-order valence-electron chi connectivity index (χ4n) is 1.68. The number of carbonyl (C=O) groups is 1. The summed E-state index contributed by atoms with van der Waals surface area (Å²) in [7, 11) is 0. The maximum Gasteiger partial charge on any atom is 0.224 e. The number of rotatable bonds is 4. The molecular formula is C15H15NO3. The highest BCUT2D eigenvalue weighted by Gasteiger charge is 2.03. The van der Waals surface area contributed by atoms with E-state index in [-0.39, 0.29) is 23.8 Å². The Hall–Kier alpha value is -2.49. The van der Waals surface area contributed by atoms with Crippen LogP contribution in [-0.4, -0.2) is 16.1 Å². The van der Waals surface area contributed by atoms with Crippen molar-refractivity contribution in [3.8, 4) is 11.5 Å². The van der Waals surface area contributed by atoms with Gasteiger partial charge in [0.1, 0.15) is 11.5 Å². The van der Waals surface area contributed by atoms with E-state index in [1.807, 2.05) is 0 Å². The molecule has 0 atom stereocenters. The zero-order valence-electron chi connectivity index (χ0n) is 10.3. The molecule has 3 N–H and O–H groups in total. The molecule has 0 aromatic heterocycles. The van der Waals surface area contributed by atoms with Gasteiger partial charge in [-0.2, -0.15) is 0 Å². The molecule has 2 rings (SSSR count). The molecule has 0 bridgehead atoms. The maximum absolute atomic E-state index is 11.7. The van der Waals surface area contributed by atoms with Crippen LogP contribution in [0.3, 0.4) is 0 Å². The van der Waals surface area contributed by atoms with E-state index in [0.717, 1.165) is 11.1 Å².